The van der Waals surface area contributed by atoms with E-state index in [9.17, 15) is 19.7 Å². The molecule has 0 saturated carbocycles. The van der Waals surface area contributed by atoms with E-state index < -0.39 is 10.8 Å². The summed E-state index contributed by atoms with van der Waals surface area (Å²) in [6, 6.07) is 4.08. The number of hydrogen-bond donors (Lipinski definition) is 2. The van der Waals surface area contributed by atoms with Gasteiger partial charge in [-0.25, -0.2) is 0 Å². The number of rotatable bonds is 5. The van der Waals surface area contributed by atoms with Gasteiger partial charge in [-0.1, -0.05) is 11.6 Å². The Morgan fingerprint density at radius 2 is 1.96 bits per heavy atom. The molecule has 2 amide bonds. The molecule has 1 aromatic carbocycles. The van der Waals surface area contributed by atoms with Gasteiger partial charge in [-0.05, 0) is 12.1 Å². The van der Waals surface area contributed by atoms with Gasteiger partial charge in [0.15, 0.2) is 0 Å². The highest BCUT2D eigenvalue weighted by molar-refractivity contribution is 6.37. The molecule has 8 nitrogen and oxygen atoms in total. The molecule has 2 aromatic rings. The Labute approximate surface area is 136 Å². The molecule has 0 atom stereocenters. The molecule has 0 aliphatic heterocycles. The van der Waals surface area contributed by atoms with Crippen molar-refractivity contribution in [3.63, 3.8) is 0 Å². The van der Waals surface area contributed by atoms with Crippen LogP contribution in [0.4, 0.5) is 5.69 Å². The summed E-state index contributed by atoms with van der Waals surface area (Å²) in [6.45, 7) is 1.83. The summed E-state index contributed by atoms with van der Waals surface area (Å²) < 4.78 is 0. The van der Waals surface area contributed by atoms with E-state index in [4.69, 9.17) is 11.6 Å². The molecule has 0 spiro atoms. The van der Waals surface area contributed by atoms with Crippen molar-refractivity contribution in [3.05, 3.63) is 45.2 Å². The molecule has 1 heterocycles. The average Bonchev–Trinajstić information content (AvgIpc) is 2.50. The van der Waals surface area contributed by atoms with E-state index in [1.54, 1.807) is 0 Å². The fraction of sp³-hybridized carbons (Fsp3) is 0.214. The van der Waals surface area contributed by atoms with E-state index >= 15 is 0 Å². The van der Waals surface area contributed by atoms with Gasteiger partial charge in [0.1, 0.15) is 5.69 Å². The van der Waals surface area contributed by atoms with Gasteiger partial charge in [0.05, 0.1) is 15.3 Å². The molecule has 0 fully saturated rings. The third kappa shape index (κ3) is 3.72. The molecule has 0 radical (unpaired) electrons. The first-order chi connectivity index (χ1) is 10.9. The normalized spacial score (nSPS) is 10.3. The second kappa shape index (κ2) is 7.01. The van der Waals surface area contributed by atoms with Gasteiger partial charge in [0, 0.05) is 37.7 Å². The molecule has 0 unspecified atom stereocenters. The Balaban J connectivity index is 2.34. The smallest absolute Gasteiger partial charge is 0.277 e. The monoisotopic (exact) mass is 336 g/mol. The Hall–Kier alpha value is -2.74. The number of halogens is 1. The molecule has 0 saturated heterocycles. The standard InChI is InChI=1S/C14H13ClN4O4/c1-8(20)16-6-7-18-14(21)13-12-9(4-5-17-13)11(19(22)23)3-2-10(12)15/h2-5H,6-7H2,1H3,(H,16,20)(H,18,21). The first-order valence-corrected chi connectivity index (χ1v) is 7.04. The van der Waals surface area contributed by atoms with Crippen LogP contribution in [0.15, 0.2) is 24.4 Å². The summed E-state index contributed by atoms with van der Waals surface area (Å²) >= 11 is 6.09. The summed E-state index contributed by atoms with van der Waals surface area (Å²) in [5, 5.41) is 16.9. The SMILES string of the molecule is CC(=O)NCCNC(=O)c1nccc2c([N+](=O)[O-])ccc(Cl)c12. The number of benzene rings is 1. The number of non-ortho nitro benzene ring substituents is 1. The highest BCUT2D eigenvalue weighted by Crippen LogP contribution is 2.32. The molecule has 0 aliphatic rings. The van der Waals surface area contributed by atoms with E-state index in [2.05, 4.69) is 15.6 Å². The van der Waals surface area contributed by atoms with Gasteiger partial charge < -0.3 is 10.6 Å². The molecular weight excluding hydrogens is 324 g/mol. The third-order valence-electron chi connectivity index (χ3n) is 3.05. The van der Waals surface area contributed by atoms with Crippen molar-refractivity contribution in [2.75, 3.05) is 13.1 Å². The summed E-state index contributed by atoms with van der Waals surface area (Å²) in [4.78, 5) is 37.5. The zero-order valence-electron chi connectivity index (χ0n) is 12.1. The molecule has 9 heteroatoms. The average molecular weight is 337 g/mol. The highest BCUT2D eigenvalue weighted by atomic mass is 35.5. The fourth-order valence-electron chi connectivity index (χ4n) is 2.07. The van der Waals surface area contributed by atoms with E-state index in [-0.39, 0.29) is 46.2 Å². The first kappa shape index (κ1) is 16.6. The number of carbonyl (C=O) groups excluding carboxylic acids is 2. The zero-order chi connectivity index (χ0) is 17.0. The largest absolute Gasteiger partial charge is 0.355 e. The van der Waals surface area contributed by atoms with Crippen molar-refractivity contribution in [3.8, 4) is 0 Å². The van der Waals surface area contributed by atoms with E-state index in [1.807, 2.05) is 0 Å². The van der Waals surface area contributed by atoms with Crippen LogP contribution < -0.4 is 10.6 Å². The van der Waals surface area contributed by atoms with E-state index in [1.165, 1.54) is 31.3 Å². The van der Waals surface area contributed by atoms with Crippen molar-refractivity contribution in [1.82, 2.24) is 15.6 Å². The van der Waals surface area contributed by atoms with Crippen LogP contribution in [0.3, 0.4) is 0 Å². The third-order valence-corrected chi connectivity index (χ3v) is 3.36. The van der Waals surface area contributed by atoms with Crippen molar-refractivity contribution in [2.24, 2.45) is 0 Å². The topological polar surface area (TPSA) is 114 Å². The van der Waals surface area contributed by atoms with Gasteiger partial charge in [-0.3, -0.25) is 24.7 Å². The van der Waals surface area contributed by atoms with Crippen LogP contribution in [-0.4, -0.2) is 34.8 Å². The lowest BCUT2D eigenvalue weighted by Gasteiger charge is -2.09. The lowest BCUT2D eigenvalue weighted by molar-refractivity contribution is -0.383. The number of fused-ring (bicyclic) bond motifs is 1. The number of hydrogen-bond acceptors (Lipinski definition) is 5. The lowest BCUT2D eigenvalue weighted by atomic mass is 10.1. The fourth-order valence-corrected chi connectivity index (χ4v) is 2.33. The summed E-state index contributed by atoms with van der Waals surface area (Å²) in [5.41, 5.74) is -0.155. The van der Waals surface area contributed by atoms with Gasteiger partial charge in [-0.2, -0.15) is 0 Å². The molecule has 2 rings (SSSR count). The summed E-state index contributed by atoms with van der Waals surface area (Å²) in [5.74, 6) is -0.732. The number of nitrogens with zero attached hydrogens (tertiary/aromatic N) is 2. The van der Waals surface area contributed by atoms with Crippen LogP contribution in [0, 0.1) is 10.1 Å². The maximum atomic E-state index is 12.2. The Bertz CT molecular complexity index is 794. The van der Waals surface area contributed by atoms with E-state index in [0.29, 0.717) is 0 Å². The van der Waals surface area contributed by atoms with Crippen molar-refractivity contribution < 1.29 is 14.5 Å². The number of pyridine rings is 1. The number of nitrogens with one attached hydrogen (secondary N) is 2. The number of nitro groups is 1. The maximum absolute atomic E-state index is 12.2. The van der Waals surface area contributed by atoms with Gasteiger partial charge >= 0.3 is 0 Å². The Kier molecular flexibility index (Phi) is 5.07. The summed E-state index contributed by atoms with van der Waals surface area (Å²) in [7, 11) is 0. The minimum atomic E-state index is -0.545. The van der Waals surface area contributed by atoms with Crippen molar-refractivity contribution in [2.45, 2.75) is 6.92 Å². The minimum absolute atomic E-state index is 0.000903. The van der Waals surface area contributed by atoms with Crippen LogP contribution in [0.2, 0.25) is 5.02 Å². The molecule has 1 aromatic heterocycles. The zero-order valence-corrected chi connectivity index (χ0v) is 12.9. The van der Waals surface area contributed by atoms with Crippen LogP contribution >= 0.6 is 11.6 Å². The second-order valence-electron chi connectivity index (χ2n) is 4.64. The van der Waals surface area contributed by atoms with Crippen molar-refractivity contribution in [1.29, 1.82) is 0 Å². The van der Waals surface area contributed by atoms with Crippen LogP contribution in [0.1, 0.15) is 17.4 Å². The summed E-state index contributed by atoms with van der Waals surface area (Å²) in [6.07, 6.45) is 1.31. The molecule has 2 N–H and O–H groups in total. The first-order valence-electron chi connectivity index (χ1n) is 6.66. The van der Waals surface area contributed by atoms with E-state index in [0.717, 1.165) is 0 Å². The minimum Gasteiger partial charge on any atom is -0.355 e. The Morgan fingerprint density at radius 3 is 2.61 bits per heavy atom. The lowest BCUT2D eigenvalue weighted by Crippen LogP contribution is -2.34. The predicted octanol–water partition coefficient (Wildman–Crippen LogP) is 1.66. The second-order valence-corrected chi connectivity index (χ2v) is 5.05. The van der Waals surface area contributed by atoms with Gasteiger partial charge in [0.25, 0.3) is 11.6 Å². The number of aromatic nitrogens is 1. The van der Waals surface area contributed by atoms with Crippen LogP contribution in [0.25, 0.3) is 10.8 Å². The van der Waals surface area contributed by atoms with Gasteiger partial charge in [-0.15, -0.1) is 0 Å². The van der Waals surface area contributed by atoms with Crippen LogP contribution in [-0.2, 0) is 4.79 Å². The molecule has 23 heavy (non-hydrogen) atoms. The highest BCUT2D eigenvalue weighted by Gasteiger charge is 2.20. The maximum Gasteiger partial charge on any atom is 0.277 e. The quantitative estimate of drug-likeness (QED) is 0.489. The van der Waals surface area contributed by atoms with Gasteiger partial charge in [0.2, 0.25) is 5.91 Å². The molecule has 120 valence electrons. The van der Waals surface area contributed by atoms with Crippen LogP contribution in [0.5, 0.6) is 0 Å². The van der Waals surface area contributed by atoms with Crippen molar-refractivity contribution >= 4 is 39.9 Å². The molecular formula is C14H13ClN4O4. The predicted molar refractivity (Wildman–Crippen MR) is 84.4 cm³/mol. The molecule has 0 bridgehead atoms. The Morgan fingerprint density at radius 1 is 1.26 bits per heavy atom. The number of amides is 2. The number of carbonyl (C=O) groups is 2. The number of nitro benzene ring substituents is 1. The molecule has 0 aliphatic carbocycles.